The van der Waals surface area contributed by atoms with E-state index in [1.54, 1.807) is 6.07 Å². The Bertz CT molecular complexity index is 393. The van der Waals surface area contributed by atoms with Crippen molar-refractivity contribution in [1.82, 2.24) is 0 Å². The van der Waals surface area contributed by atoms with Gasteiger partial charge in [0.2, 0.25) is 0 Å². The number of rotatable bonds is 2. The van der Waals surface area contributed by atoms with Crippen LogP contribution in [0.5, 0.6) is 5.75 Å². The van der Waals surface area contributed by atoms with Crippen LogP contribution in [0.15, 0.2) is 18.2 Å². The SMILES string of the molecule is COC(=O)c1cc(C#N)cc(OC)c1. The van der Waals surface area contributed by atoms with Crippen LogP contribution >= 0.6 is 0 Å². The van der Waals surface area contributed by atoms with Crippen LogP contribution in [-0.4, -0.2) is 20.2 Å². The number of ether oxygens (including phenoxy) is 2. The molecule has 0 aliphatic carbocycles. The fourth-order valence-electron chi connectivity index (χ4n) is 1.02. The molecule has 0 saturated heterocycles. The van der Waals surface area contributed by atoms with Crippen LogP contribution in [0.2, 0.25) is 0 Å². The maximum Gasteiger partial charge on any atom is 0.338 e. The van der Waals surface area contributed by atoms with Gasteiger partial charge in [-0.3, -0.25) is 0 Å². The van der Waals surface area contributed by atoms with Crippen molar-refractivity contribution >= 4 is 5.97 Å². The van der Waals surface area contributed by atoms with Crippen LogP contribution in [-0.2, 0) is 4.74 Å². The molecule has 4 heteroatoms. The number of methoxy groups -OCH3 is 2. The summed E-state index contributed by atoms with van der Waals surface area (Å²) in [5.74, 6) is -0.0233. The number of esters is 1. The highest BCUT2D eigenvalue weighted by atomic mass is 16.5. The average Bonchev–Trinajstić information content (AvgIpc) is 2.27. The molecule has 0 unspecified atom stereocenters. The van der Waals surface area contributed by atoms with E-state index >= 15 is 0 Å². The first-order valence-corrected chi connectivity index (χ1v) is 3.88. The molecule has 4 nitrogen and oxygen atoms in total. The van der Waals surface area contributed by atoms with Gasteiger partial charge in [-0.05, 0) is 18.2 Å². The fourth-order valence-corrected chi connectivity index (χ4v) is 1.02. The highest BCUT2D eigenvalue weighted by molar-refractivity contribution is 5.90. The first kappa shape index (κ1) is 10.1. The molecule has 0 atom stereocenters. The van der Waals surface area contributed by atoms with Crippen LogP contribution < -0.4 is 4.74 Å². The second-order valence-electron chi connectivity index (χ2n) is 2.55. The zero-order valence-electron chi connectivity index (χ0n) is 7.90. The van der Waals surface area contributed by atoms with Gasteiger partial charge >= 0.3 is 5.97 Å². The largest absolute Gasteiger partial charge is 0.497 e. The molecule has 0 saturated carbocycles. The van der Waals surface area contributed by atoms with Crippen molar-refractivity contribution in [3.8, 4) is 11.8 Å². The van der Waals surface area contributed by atoms with E-state index < -0.39 is 5.97 Å². The minimum atomic E-state index is -0.486. The van der Waals surface area contributed by atoms with Gasteiger partial charge in [-0.25, -0.2) is 4.79 Å². The molecular weight excluding hydrogens is 182 g/mol. The number of benzene rings is 1. The standard InChI is InChI=1S/C10H9NO3/c1-13-9-4-7(6-11)3-8(5-9)10(12)14-2/h3-5H,1-2H3. The first-order valence-electron chi connectivity index (χ1n) is 3.88. The van der Waals surface area contributed by atoms with E-state index in [0.717, 1.165) is 0 Å². The number of nitrogens with zero attached hydrogens (tertiary/aromatic N) is 1. The Hall–Kier alpha value is -2.02. The molecule has 0 aliphatic rings. The number of carbonyl (C=O) groups is 1. The van der Waals surface area contributed by atoms with Crippen molar-refractivity contribution in [2.75, 3.05) is 14.2 Å². The lowest BCUT2D eigenvalue weighted by Gasteiger charge is -2.03. The molecule has 1 aromatic rings. The van der Waals surface area contributed by atoms with Gasteiger partial charge in [0.25, 0.3) is 0 Å². The lowest BCUT2D eigenvalue weighted by molar-refractivity contribution is 0.0600. The molecule has 14 heavy (non-hydrogen) atoms. The first-order chi connectivity index (χ1) is 6.71. The maximum atomic E-state index is 11.2. The van der Waals surface area contributed by atoms with Crippen molar-refractivity contribution in [2.45, 2.75) is 0 Å². The van der Waals surface area contributed by atoms with Gasteiger partial charge < -0.3 is 9.47 Å². The van der Waals surface area contributed by atoms with Crippen LogP contribution in [0.3, 0.4) is 0 Å². The van der Waals surface area contributed by atoms with Gasteiger partial charge in [-0.2, -0.15) is 5.26 Å². The molecule has 0 aliphatic heterocycles. The third-order valence-electron chi connectivity index (χ3n) is 1.69. The van der Waals surface area contributed by atoms with Crippen molar-refractivity contribution in [3.05, 3.63) is 29.3 Å². The minimum Gasteiger partial charge on any atom is -0.497 e. The lowest BCUT2D eigenvalue weighted by Crippen LogP contribution is -2.02. The topological polar surface area (TPSA) is 59.3 Å². The maximum absolute atomic E-state index is 11.2. The van der Waals surface area contributed by atoms with Gasteiger partial charge in [0.15, 0.2) is 0 Å². The molecule has 1 rings (SSSR count). The van der Waals surface area contributed by atoms with Gasteiger partial charge in [-0.1, -0.05) is 0 Å². The Labute approximate surface area is 81.7 Å². The third-order valence-corrected chi connectivity index (χ3v) is 1.69. The highest BCUT2D eigenvalue weighted by Gasteiger charge is 2.08. The third kappa shape index (κ3) is 2.02. The number of hydrogen-bond donors (Lipinski definition) is 0. The summed E-state index contributed by atoms with van der Waals surface area (Å²) in [7, 11) is 2.76. The summed E-state index contributed by atoms with van der Waals surface area (Å²) < 4.78 is 9.46. The molecule has 0 fully saturated rings. The van der Waals surface area contributed by atoms with Crippen LogP contribution in [0.25, 0.3) is 0 Å². The monoisotopic (exact) mass is 191 g/mol. The normalized spacial score (nSPS) is 8.93. The Morgan fingerprint density at radius 1 is 1.36 bits per heavy atom. The molecule has 0 heterocycles. The summed E-state index contributed by atoms with van der Waals surface area (Å²) in [5.41, 5.74) is 0.674. The van der Waals surface area contributed by atoms with Gasteiger partial charge in [0.1, 0.15) is 5.75 Å². The second kappa shape index (κ2) is 4.28. The number of carbonyl (C=O) groups excluding carboxylic acids is 1. The summed E-state index contributed by atoms with van der Waals surface area (Å²) in [5, 5.41) is 8.68. The van der Waals surface area contributed by atoms with E-state index in [2.05, 4.69) is 4.74 Å². The molecule has 0 bridgehead atoms. The van der Waals surface area contributed by atoms with Crippen LogP contribution in [0.1, 0.15) is 15.9 Å². The van der Waals surface area contributed by atoms with E-state index in [4.69, 9.17) is 10.00 Å². The van der Waals surface area contributed by atoms with E-state index in [0.29, 0.717) is 16.9 Å². The molecule has 0 spiro atoms. The Balaban J connectivity index is 3.19. The summed E-state index contributed by atoms with van der Waals surface area (Å²) in [6.07, 6.45) is 0. The predicted octanol–water partition coefficient (Wildman–Crippen LogP) is 1.35. The molecule has 0 amide bonds. The Morgan fingerprint density at radius 2 is 2.07 bits per heavy atom. The summed E-state index contributed by atoms with van der Waals surface area (Å²) in [6.45, 7) is 0. The second-order valence-corrected chi connectivity index (χ2v) is 2.55. The van der Waals surface area contributed by atoms with E-state index in [-0.39, 0.29) is 0 Å². The molecule has 0 N–H and O–H groups in total. The van der Waals surface area contributed by atoms with Crippen LogP contribution in [0, 0.1) is 11.3 Å². The zero-order valence-corrected chi connectivity index (χ0v) is 7.90. The Kier molecular flexibility index (Phi) is 3.08. The van der Waals surface area contributed by atoms with Crippen LogP contribution in [0.4, 0.5) is 0 Å². The van der Waals surface area contributed by atoms with E-state index in [1.165, 1.54) is 26.4 Å². The summed E-state index contributed by atoms with van der Waals surface area (Å²) in [6, 6.07) is 6.45. The van der Waals surface area contributed by atoms with Crippen molar-refractivity contribution in [2.24, 2.45) is 0 Å². The van der Waals surface area contributed by atoms with Crippen molar-refractivity contribution in [1.29, 1.82) is 5.26 Å². The molecule has 0 aromatic heterocycles. The highest BCUT2D eigenvalue weighted by Crippen LogP contribution is 2.16. The summed E-state index contributed by atoms with van der Waals surface area (Å²) in [4.78, 5) is 11.2. The smallest absolute Gasteiger partial charge is 0.338 e. The zero-order chi connectivity index (χ0) is 10.6. The van der Waals surface area contributed by atoms with Crippen molar-refractivity contribution < 1.29 is 14.3 Å². The predicted molar refractivity (Wildman–Crippen MR) is 49.0 cm³/mol. The van der Waals surface area contributed by atoms with E-state index in [9.17, 15) is 4.79 Å². The quantitative estimate of drug-likeness (QED) is 0.662. The van der Waals surface area contributed by atoms with Gasteiger partial charge in [-0.15, -0.1) is 0 Å². The number of hydrogen-bond acceptors (Lipinski definition) is 4. The Morgan fingerprint density at radius 3 is 2.57 bits per heavy atom. The number of nitriles is 1. The lowest BCUT2D eigenvalue weighted by atomic mass is 10.1. The van der Waals surface area contributed by atoms with Crippen molar-refractivity contribution in [3.63, 3.8) is 0 Å². The molecule has 72 valence electrons. The molecule has 0 radical (unpaired) electrons. The average molecular weight is 191 g/mol. The van der Waals surface area contributed by atoms with E-state index in [1.807, 2.05) is 6.07 Å². The summed E-state index contributed by atoms with van der Waals surface area (Å²) >= 11 is 0. The molecular formula is C10H9NO3. The minimum absolute atomic E-state index is 0.309. The fraction of sp³-hybridized carbons (Fsp3) is 0.200. The van der Waals surface area contributed by atoms with Gasteiger partial charge in [0, 0.05) is 0 Å². The van der Waals surface area contributed by atoms with Gasteiger partial charge in [0.05, 0.1) is 31.4 Å². The molecule has 1 aromatic carbocycles.